The first-order valence-corrected chi connectivity index (χ1v) is 8.31. The Bertz CT molecular complexity index is 783. The monoisotopic (exact) mass is 360 g/mol. The third-order valence-electron chi connectivity index (χ3n) is 4.19. The molecule has 1 aliphatic rings. The molecule has 0 spiro atoms. The summed E-state index contributed by atoms with van der Waals surface area (Å²) in [6.45, 7) is 4.91. The summed E-state index contributed by atoms with van der Waals surface area (Å²) in [6.07, 6.45) is 0. The molecule has 3 rings (SSSR count). The van der Waals surface area contributed by atoms with Crippen molar-refractivity contribution in [1.29, 1.82) is 0 Å². The van der Waals surface area contributed by atoms with Gasteiger partial charge in [0.15, 0.2) is 18.1 Å². The van der Waals surface area contributed by atoms with Gasteiger partial charge in [-0.25, -0.2) is 0 Å². The van der Waals surface area contributed by atoms with Crippen LogP contribution in [0, 0.1) is 17.0 Å². The Balaban J connectivity index is 1.47. The van der Waals surface area contributed by atoms with E-state index in [4.69, 9.17) is 9.26 Å². The summed E-state index contributed by atoms with van der Waals surface area (Å²) in [5.74, 6) is 0.727. The van der Waals surface area contributed by atoms with Crippen LogP contribution in [-0.4, -0.2) is 58.6 Å². The highest BCUT2D eigenvalue weighted by Gasteiger charge is 2.23. The summed E-state index contributed by atoms with van der Waals surface area (Å²) in [4.78, 5) is 26.6. The zero-order chi connectivity index (χ0) is 18.5. The first-order chi connectivity index (χ1) is 12.5. The molecule has 0 N–H and O–H groups in total. The summed E-state index contributed by atoms with van der Waals surface area (Å²) in [7, 11) is 0. The van der Waals surface area contributed by atoms with Crippen molar-refractivity contribution >= 4 is 11.6 Å². The Kier molecular flexibility index (Phi) is 5.47. The van der Waals surface area contributed by atoms with Crippen molar-refractivity contribution in [1.82, 2.24) is 15.0 Å². The summed E-state index contributed by atoms with van der Waals surface area (Å²) in [5.41, 5.74) is 0.702. The fourth-order valence-electron chi connectivity index (χ4n) is 2.83. The molecular weight excluding hydrogens is 340 g/mol. The number of benzene rings is 1. The number of ether oxygens (including phenoxy) is 1. The van der Waals surface area contributed by atoms with Crippen molar-refractivity contribution in [2.45, 2.75) is 13.5 Å². The van der Waals surface area contributed by atoms with E-state index in [-0.39, 0.29) is 24.0 Å². The maximum absolute atomic E-state index is 12.3. The summed E-state index contributed by atoms with van der Waals surface area (Å²) in [5, 5.41) is 14.8. The summed E-state index contributed by atoms with van der Waals surface area (Å²) >= 11 is 0. The first-order valence-electron chi connectivity index (χ1n) is 8.31. The second-order valence-electron chi connectivity index (χ2n) is 6.11. The number of hydrogen-bond donors (Lipinski definition) is 0. The van der Waals surface area contributed by atoms with Gasteiger partial charge in [-0.2, -0.15) is 0 Å². The van der Waals surface area contributed by atoms with Gasteiger partial charge in [-0.1, -0.05) is 17.3 Å². The minimum Gasteiger partial charge on any atom is -0.477 e. The zero-order valence-electron chi connectivity index (χ0n) is 14.5. The van der Waals surface area contributed by atoms with Crippen LogP contribution in [0.3, 0.4) is 0 Å². The number of para-hydroxylation sites is 2. The van der Waals surface area contributed by atoms with Crippen molar-refractivity contribution in [3.05, 3.63) is 51.9 Å². The number of hydrogen-bond acceptors (Lipinski definition) is 7. The molecule has 0 bridgehead atoms. The molecule has 1 aromatic heterocycles. The number of nitro groups is 1. The van der Waals surface area contributed by atoms with Crippen LogP contribution in [0.25, 0.3) is 0 Å². The predicted octanol–water partition coefficient (Wildman–Crippen LogP) is 1.61. The van der Waals surface area contributed by atoms with E-state index in [0.29, 0.717) is 19.6 Å². The number of piperazine rings is 1. The lowest BCUT2D eigenvalue weighted by atomic mass is 10.3. The summed E-state index contributed by atoms with van der Waals surface area (Å²) in [6, 6.07) is 7.93. The van der Waals surface area contributed by atoms with E-state index in [1.54, 1.807) is 17.0 Å². The lowest BCUT2D eigenvalue weighted by Gasteiger charge is -2.34. The van der Waals surface area contributed by atoms with Gasteiger partial charge in [0.05, 0.1) is 17.2 Å². The van der Waals surface area contributed by atoms with E-state index < -0.39 is 4.92 Å². The first kappa shape index (κ1) is 17.9. The van der Waals surface area contributed by atoms with Gasteiger partial charge in [0, 0.05) is 38.3 Å². The fourth-order valence-corrected chi connectivity index (χ4v) is 2.83. The van der Waals surface area contributed by atoms with Gasteiger partial charge in [0.25, 0.3) is 5.91 Å². The highest BCUT2D eigenvalue weighted by Crippen LogP contribution is 2.25. The van der Waals surface area contributed by atoms with Crippen LogP contribution in [0.1, 0.15) is 11.5 Å². The molecule has 1 amide bonds. The highest BCUT2D eigenvalue weighted by atomic mass is 16.6. The number of rotatable bonds is 6. The Morgan fingerprint density at radius 3 is 2.69 bits per heavy atom. The van der Waals surface area contributed by atoms with Gasteiger partial charge >= 0.3 is 5.69 Å². The van der Waals surface area contributed by atoms with Crippen LogP contribution in [0.4, 0.5) is 5.69 Å². The van der Waals surface area contributed by atoms with Crippen LogP contribution >= 0.6 is 0 Å². The molecule has 0 saturated carbocycles. The SMILES string of the molecule is Cc1cc(CN2CCN(C(=O)COc3ccccc3[N+](=O)[O-])CC2)on1. The average molecular weight is 360 g/mol. The Labute approximate surface area is 150 Å². The molecule has 9 nitrogen and oxygen atoms in total. The smallest absolute Gasteiger partial charge is 0.310 e. The number of nitrogens with zero attached hydrogens (tertiary/aromatic N) is 4. The number of carbonyl (C=O) groups is 1. The van der Waals surface area contributed by atoms with Gasteiger partial charge < -0.3 is 14.2 Å². The van der Waals surface area contributed by atoms with E-state index in [1.165, 1.54) is 12.1 Å². The van der Waals surface area contributed by atoms with Crippen LogP contribution in [-0.2, 0) is 11.3 Å². The minimum absolute atomic E-state index is 0.102. The maximum Gasteiger partial charge on any atom is 0.310 e. The number of nitro benzene ring substituents is 1. The molecule has 9 heteroatoms. The van der Waals surface area contributed by atoms with Gasteiger partial charge in [0.1, 0.15) is 0 Å². The second-order valence-corrected chi connectivity index (χ2v) is 6.11. The topological polar surface area (TPSA) is 102 Å². The zero-order valence-corrected chi connectivity index (χ0v) is 14.5. The molecule has 1 saturated heterocycles. The second kappa shape index (κ2) is 7.96. The van der Waals surface area contributed by atoms with Gasteiger partial charge in [0.2, 0.25) is 0 Å². The molecule has 0 unspecified atom stereocenters. The lowest BCUT2D eigenvalue weighted by Crippen LogP contribution is -2.49. The van der Waals surface area contributed by atoms with E-state index >= 15 is 0 Å². The molecule has 138 valence electrons. The molecule has 1 aliphatic heterocycles. The van der Waals surface area contributed by atoms with Crippen molar-refractivity contribution < 1.29 is 19.0 Å². The van der Waals surface area contributed by atoms with Crippen LogP contribution in [0.2, 0.25) is 0 Å². The molecule has 0 aliphatic carbocycles. The van der Waals surface area contributed by atoms with Crippen LogP contribution in [0.5, 0.6) is 5.75 Å². The molecule has 0 atom stereocenters. The third kappa shape index (κ3) is 4.37. The van der Waals surface area contributed by atoms with Crippen molar-refractivity contribution in [3.63, 3.8) is 0 Å². The molecule has 1 aromatic carbocycles. The van der Waals surface area contributed by atoms with E-state index in [0.717, 1.165) is 24.5 Å². The molecule has 26 heavy (non-hydrogen) atoms. The standard InChI is InChI=1S/C17H20N4O5/c1-13-10-14(26-18-13)11-19-6-8-20(9-7-19)17(22)12-25-16-5-3-2-4-15(16)21(23)24/h2-5,10H,6-9,11-12H2,1H3. The summed E-state index contributed by atoms with van der Waals surface area (Å²) < 4.78 is 10.6. The third-order valence-corrected chi connectivity index (χ3v) is 4.19. The number of carbonyl (C=O) groups excluding carboxylic acids is 1. The molecular formula is C17H20N4O5. The fraction of sp³-hybridized carbons (Fsp3) is 0.412. The predicted molar refractivity (Wildman–Crippen MR) is 91.7 cm³/mol. The van der Waals surface area contributed by atoms with Crippen molar-refractivity contribution in [2.75, 3.05) is 32.8 Å². The Morgan fingerprint density at radius 2 is 2.04 bits per heavy atom. The van der Waals surface area contributed by atoms with Crippen LogP contribution < -0.4 is 4.74 Å². The Morgan fingerprint density at radius 1 is 1.31 bits per heavy atom. The molecule has 0 radical (unpaired) electrons. The molecule has 1 fully saturated rings. The van der Waals surface area contributed by atoms with Crippen LogP contribution in [0.15, 0.2) is 34.9 Å². The average Bonchev–Trinajstić information content (AvgIpc) is 3.05. The van der Waals surface area contributed by atoms with Gasteiger partial charge in [-0.05, 0) is 13.0 Å². The molecule has 2 aromatic rings. The largest absolute Gasteiger partial charge is 0.477 e. The van der Waals surface area contributed by atoms with Crippen molar-refractivity contribution in [3.8, 4) is 5.75 Å². The molecule has 2 heterocycles. The van der Waals surface area contributed by atoms with Gasteiger partial charge in [-0.3, -0.25) is 19.8 Å². The van der Waals surface area contributed by atoms with E-state index in [2.05, 4.69) is 10.1 Å². The van der Waals surface area contributed by atoms with E-state index in [9.17, 15) is 14.9 Å². The Hall–Kier alpha value is -2.94. The van der Waals surface area contributed by atoms with Crippen molar-refractivity contribution in [2.24, 2.45) is 0 Å². The highest BCUT2D eigenvalue weighted by molar-refractivity contribution is 5.78. The maximum atomic E-state index is 12.3. The minimum atomic E-state index is -0.524. The number of amides is 1. The van der Waals surface area contributed by atoms with Gasteiger partial charge in [-0.15, -0.1) is 0 Å². The quantitative estimate of drug-likeness (QED) is 0.570. The number of aryl methyl sites for hydroxylation is 1. The van der Waals surface area contributed by atoms with E-state index in [1.807, 2.05) is 13.0 Å². The lowest BCUT2D eigenvalue weighted by molar-refractivity contribution is -0.385. The number of aromatic nitrogens is 1. The normalized spacial score (nSPS) is 15.0.